The van der Waals surface area contributed by atoms with E-state index in [4.69, 9.17) is 14.2 Å². The van der Waals surface area contributed by atoms with Crippen molar-refractivity contribution in [1.29, 1.82) is 0 Å². The highest BCUT2D eigenvalue weighted by molar-refractivity contribution is 5.80. The van der Waals surface area contributed by atoms with Gasteiger partial charge in [-0.25, -0.2) is 0 Å². The van der Waals surface area contributed by atoms with Crippen LogP contribution in [-0.2, 0) is 17.6 Å². The van der Waals surface area contributed by atoms with E-state index < -0.39 is 6.10 Å². The second-order valence-electron chi connectivity index (χ2n) is 6.31. The number of aryl methyl sites for hydroxylation is 2. The molecule has 1 unspecified atom stereocenters. The maximum absolute atomic E-state index is 12.3. The Morgan fingerprint density at radius 1 is 1.04 bits per heavy atom. The predicted octanol–water partition coefficient (Wildman–Crippen LogP) is 3.78. The van der Waals surface area contributed by atoms with Crippen LogP contribution >= 0.6 is 0 Å². The van der Waals surface area contributed by atoms with Crippen LogP contribution in [0.2, 0.25) is 0 Å². The topological polar surface area (TPSA) is 56.8 Å². The molecule has 0 saturated carbocycles. The van der Waals surface area contributed by atoms with Crippen LogP contribution < -0.4 is 19.5 Å². The Kier molecular flexibility index (Phi) is 7.99. The number of hydrogen-bond donors (Lipinski definition) is 1. The van der Waals surface area contributed by atoms with Gasteiger partial charge in [0.1, 0.15) is 5.75 Å². The highest BCUT2D eigenvalue weighted by atomic mass is 16.5. The van der Waals surface area contributed by atoms with Gasteiger partial charge in [0, 0.05) is 6.54 Å². The summed E-state index contributed by atoms with van der Waals surface area (Å²) in [6, 6.07) is 13.7. The van der Waals surface area contributed by atoms with Crippen LogP contribution in [-0.4, -0.2) is 32.8 Å². The second-order valence-corrected chi connectivity index (χ2v) is 6.31. The average Bonchev–Trinajstić information content (AvgIpc) is 2.71. The first-order valence-electron chi connectivity index (χ1n) is 9.32. The van der Waals surface area contributed by atoms with Crippen LogP contribution in [0.4, 0.5) is 0 Å². The molecule has 27 heavy (non-hydrogen) atoms. The summed E-state index contributed by atoms with van der Waals surface area (Å²) in [7, 11) is 3.25. The van der Waals surface area contributed by atoms with Crippen molar-refractivity contribution < 1.29 is 19.0 Å². The number of para-hydroxylation sites is 1. The molecule has 0 aliphatic heterocycles. The van der Waals surface area contributed by atoms with Gasteiger partial charge in [-0.2, -0.15) is 0 Å². The van der Waals surface area contributed by atoms with Crippen LogP contribution in [0, 0.1) is 0 Å². The molecule has 5 heteroatoms. The van der Waals surface area contributed by atoms with Gasteiger partial charge in [0.15, 0.2) is 17.6 Å². The molecule has 1 N–H and O–H groups in total. The first kappa shape index (κ1) is 20.6. The van der Waals surface area contributed by atoms with E-state index in [1.165, 1.54) is 0 Å². The summed E-state index contributed by atoms with van der Waals surface area (Å²) in [6.45, 7) is 4.44. The van der Waals surface area contributed by atoms with Gasteiger partial charge in [0.05, 0.1) is 14.2 Å². The van der Waals surface area contributed by atoms with Crippen molar-refractivity contribution in [1.82, 2.24) is 5.32 Å². The van der Waals surface area contributed by atoms with Crippen molar-refractivity contribution >= 4 is 5.91 Å². The number of nitrogens with one attached hydrogen (secondary N) is 1. The van der Waals surface area contributed by atoms with Crippen molar-refractivity contribution in [2.24, 2.45) is 0 Å². The summed E-state index contributed by atoms with van der Waals surface area (Å²) in [4.78, 5) is 12.3. The molecule has 2 aromatic carbocycles. The van der Waals surface area contributed by atoms with Crippen molar-refractivity contribution in [3.63, 3.8) is 0 Å². The average molecular weight is 371 g/mol. The molecule has 1 atom stereocenters. The Balaban J connectivity index is 1.78. The van der Waals surface area contributed by atoms with Crippen molar-refractivity contribution in [2.45, 2.75) is 39.2 Å². The summed E-state index contributed by atoms with van der Waals surface area (Å²) in [5, 5.41) is 2.94. The molecule has 0 aliphatic carbocycles. The number of methoxy groups -OCH3 is 2. The van der Waals surface area contributed by atoms with Gasteiger partial charge in [0.2, 0.25) is 0 Å². The summed E-state index contributed by atoms with van der Waals surface area (Å²) >= 11 is 0. The molecule has 0 heterocycles. The van der Waals surface area contributed by atoms with Gasteiger partial charge in [0.25, 0.3) is 5.91 Å². The zero-order valence-electron chi connectivity index (χ0n) is 16.6. The number of carbonyl (C=O) groups excluding carboxylic acids is 1. The molecule has 5 nitrogen and oxygen atoms in total. The molecule has 0 bridgehead atoms. The van der Waals surface area contributed by atoms with Crippen LogP contribution in [0.5, 0.6) is 17.2 Å². The van der Waals surface area contributed by atoms with E-state index in [9.17, 15) is 4.79 Å². The minimum atomic E-state index is -0.529. The number of hydrogen-bond acceptors (Lipinski definition) is 4. The number of benzene rings is 2. The first-order valence-corrected chi connectivity index (χ1v) is 9.32. The highest BCUT2D eigenvalue weighted by Gasteiger charge is 2.15. The number of carbonyl (C=O) groups is 1. The SMILES string of the molecule is CCc1ccccc1OC(C)C(=O)NCCCc1ccc(OC)c(OC)c1. The van der Waals surface area contributed by atoms with Crippen LogP contribution in [0.25, 0.3) is 0 Å². The quantitative estimate of drug-likeness (QED) is 0.646. The maximum atomic E-state index is 12.3. The van der Waals surface area contributed by atoms with Crippen LogP contribution in [0.3, 0.4) is 0 Å². The number of ether oxygens (including phenoxy) is 3. The zero-order chi connectivity index (χ0) is 19.6. The molecule has 0 fully saturated rings. The standard InChI is InChI=1S/C22H29NO4/c1-5-18-10-6-7-11-19(18)27-16(2)22(24)23-14-8-9-17-12-13-20(25-3)21(15-17)26-4/h6-7,10-13,15-16H,5,8-9,14H2,1-4H3,(H,23,24). The number of amides is 1. The first-order chi connectivity index (χ1) is 13.1. The molecule has 0 aromatic heterocycles. The molecule has 0 radical (unpaired) electrons. The van der Waals surface area contributed by atoms with Crippen molar-refractivity contribution in [2.75, 3.05) is 20.8 Å². The zero-order valence-corrected chi connectivity index (χ0v) is 16.6. The molecule has 2 aromatic rings. The van der Waals surface area contributed by atoms with Crippen molar-refractivity contribution in [3.8, 4) is 17.2 Å². The summed E-state index contributed by atoms with van der Waals surface area (Å²) in [6.07, 6.45) is 2.02. The van der Waals surface area contributed by atoms with Gasteiger partial charge in [-0.05, 0) is 55.5 Å². The Labute approximate surface area is 161 Å². The van der Waals surface area contributed by atoms with E-state index in [-0.39, 0.29) is 5.91 Å². The van der Waals surface area contributed by atoms with Gasteiger partial charge in [-0.1, -0.05) is 31.2 Å². The molecular weight excluding hydrogens is 342 g/mol. The third-order valence-corrected chi connectivity index (χ3v) is 4.42. The lowest BCUT2D eigenvalue weighted by molar-refractivity contribution is -0.127. The summed E-state index contributed by atoms with van der Waals surface area (Å²) in [5.74, 6) is 2.10. The lowest BCUT2D eigenvalue weighted by atomic mass is 10.1. The molecule has 0 saturated heterocycles. The lowest BCUT2D eigenvalue weighted by Gasteiger charge is -2.17. The van der Waals surface area contributed by atoms with E-state index in [0.717, 1.165) is 41.9 Å². The van der Waals surface area contributed by atoms with E-state index in [0.29, 0.717) is 12.3 Å². The van der Waals surface area contributed by atoms with Crippen LogP contribution in [0.1, 0.15) is 31.4 Å². The third kappa shape index (κ3) is 5.91. The van der Waals surface area contributed by atoms with Gasteiger partial charge < -0.3 is 19.5 Å². The Hall–Kier alpha value is -2.69. The van der Waals surface area contributed by atoms with Gasteiger partial charge >= 0.3 is 0 Å². The van der Waals surface area contributed by atoms with E-state index in [1.54, 1.807) is 21.1 Å². The molecular formula is C22H29NO4. The minimum Gasteiger partial charge on any atom is -0.493 e. The lowest BCUT2D eigenvalue weighted by Crippen LogP contribution is -2.37. The normalized spacial score (nSPS) is 11.6. The van der Waals surface area contributed by atoms with E-state index >= 15 is 0 Å². The fourth-order valence-corrected chi connectivity index (χ4v) is 2.84. The van der Waals surface area contributed by atoms with E-state index in [1.807, 2.05) is 42.5 Å². The number of rotatable bonds is 10. The van der Waals surface area contributed by atoms with Crippen LogP contribution in [0.15, 0.2) is 42.5 Å². The summed E-state index contributed by atoms with van der Waals surface area (Å²) < 4.78 is 16.4. The molecule has 0 spiro atoms. The Morgan fingerprint density at radius 2 is 1.78 bits per heavy atom. The minimum absolute atomic E-state index is 0.104. The summed E-state index contributed by atoms with van der Waals surface area (Å²) in [5.41, 5.74) is 2.24. The maximum Gasteiger partial charge on any atom is 0.260 e. The Bertz CT molecular complexity index is 745. The predicted molar refractivity (Wildman–Crippen MR) is 107 cm³/mol. The molecule has 1 amide bonds. The van der Waals surface area contributed by atoms with E-state index in [2.05, 4.69) is 12.2 Å². The van der Waals surface area contributed by atoms with Gasteiger partial charge in [-0.3, -0.25) is 4.79 Å². The second kappa shape index (κ2) is 10.5. The highest BCUT2D eigenvalue weighted by Crippen LogP contribution is 2.27. The fourth-order valence-electron chi connectivity index (χ4n) is 2.84. The smallest absolute Gasteiger partial charge is 0.260 e. The third-order valence-electron chi connectivity index (χ3n) is 4.42. The Morgan fingerprint density at radius 3 is 2.48 bits per heavy atom. The molecule has 146 valence electrons. The largest absolute Gasteiger partial charge is 0.493 e. The monoisotopic (exact) mass is 371 g/mol. The molecule has 0 aliphatic rings. The fraction of sp³-hybridized carbons (Fsp3) is 0.409. The van der Waals surface area contributed by atoms with Crippen molar-refractivity contribution in [3.05, 3.63) is 53.6 Å². The molecule has 2 rings (SSSR count). The van der Waals surface area contributed by atoms with Gasteiger partial charge in [-0.15, -0.1) is 0 Å².